The van der Waals surface area contributed by atoms with Crippen molar-refractivity contribution in [3.8, 4) is 5.75 Å². The number of hydrogen-bond donors (Lipinski definition) is 2. The number of carbonyl (C=O) groups excluding carboxylic acids is 3. The monoisotopic (exact) mass is 355 g/mol. The van der Waals surface area contributed by atoms with E-state index in [0.29, 0.717) is 30.7 Å². The van der Waals surface area contributed by atoms with Crippen LogP contribution in [0.2, 0.25) is 0 Å². The number of carbonyl (C=O) groups is 3. The zero-order chi connectivity index (χ0) is 18.7. The molecule has 1 saturated heterocycles. The standard InChI is InChI=1S/C19H21N3O4/c1-26-16-10-13(9-12-5-2-3-6-14(12)16)18(24)21-19(25)15-7-4-8-22(15)17(23)11-20/h2-3,5-6,9-10,15H,4,7-8,11,20H2,1H3,(H,21,24,25)/t15-/m0/s1. The van der Waals surface area contributed by atoms with E-state index >= 15 is 0 Å². The molecule has 3 N–H and O–H groups in total. The van der Waals surface area contributed by atoms with Crippen molar-refractivity contribution >= 4 is 28.5 Å². The lowest BCUT2D eigenvalue weighted by molar-refractivity contribution is -0.137. The van der Waals surface area contributed by atoms with E-state index in [2.05, 4.69) is 5.32 Å². The number of rotatable bonds is 4. The van der Waals surface area contributed by atoms with E-state index in [1.165, 1.54) is 12.0 Å². The van der Waals surface area contributed by atoms with E-state index in [0.717, 1.165) is 10.8 Å². The number of ether oxygens (including phenoxy) is 1. The van der Waals surface area contributed by atoms with Crippen molar-refractivity contribution in [2.75, 3.05) is 20.2 Å². The highest BCUT2D eigenvalue weighted by atomic mass is 16.5. The van der Waals surface area contributed by atoms with Crippen LogP contribution in [0.15, 0.2) is 36.4 Å². The van der Waals surface area contributed by atoms with Crippen LogP contribution in [0.3, 0.4) is 0 Å². The van der Waals surface area contributed by atoms with Gasteiger partial charge >= 0.3 is 0 Å². The summed E-state index contributed by atoms with van der Waals surface area (Å²) in [6, 6.07) is 10.2. The Bertz CT molecular complexity index is 865. The molecule has 1 fully saturated rings. The first-order valence-corrected chi connectivity index (χ1v) is 8.46. The fourth-order valence-corrected chi connectivity index (χ4v) is 3.30. The van der Waals surface area contributed by atoms with Gasteiger partial charge in [-0.05, 0) is 30.4 Å². The van der Waals surface area contributed by atoms with Crippen molar-refractivity contribution in [2.24, 2.45) is 5.73 Å². The summed E-state index contributed by atoms with van der Waals surface area (Å²) in [5.41, 5.74) is 5.71. The second-order valence-corrected chi connectivity index (χ2v) is 6.17. The largest absolute Gasteiger partial charge is 0.496 e. The molecule has 7 heteroatoms. The van der Waals surface area contributed by atoms with Gasteiger partial charge in [0.15, 0.2) is 0 Å². The molecule has 2 aromatic rings. The Kier molecular flexibility index (Phi) is 5.18. The predicted molar refractivity (Wildman–Crippen MR) is 96.8 cm³/mol. The molecule has 0 radical (unpaired) electrons. The molecule has 0 unspecified atom stereocenters. The van der Waals surface area contributed by atoms with E-state index in [4.69, 9.17) is 10.5 Å². The lowest BCUT2D eigenvalue weighted by Crippen LogP contribution is -2.49. The average Bonchev–Trinajstić information content (AvgIpc) is 3.16. The molecular weight excluding hydrogens is 334 g/mol. The van der Waals surface area contributed by atoms with Gasteiger partial charge in [-0.3, -0.25) is 19.7 Å². The molecule has 0 aromatic heterocycles. The maximum Gasteiger partial charge on any atom is 0.258 e. The van der Waals surface area contributed by atoms with Gasteiger partial charge in [-0.1, -0.05) is 24.3 Å². The number of benzene rings is 2. The Hall–Kier alpha value is -2.93. The van der Waals surface area contributed by atoms with Crippen LogP contribution < -0.4 is 15.8 Å². The SMILES string of the molecule is COc1cc(C(=O)NC(=O)[C@@H]2CCCN2C(=O)CN)cc2ccccc12. The number of imide groups is 1. The van der Waals surface area contributed by atoms with Crippen molar-refractivity contribution in [1.82, 2.24) is 10.2 Å². The van der Waals surface area contributed by atoms with Gasteiger partial charge in [0.25, 0.3) is 5.91 Å². The minimum atomic E-state index is -0.655. The highest BCUT2D eigenvalue weighted by Gasteiger charge is 2.34. The summed E-state index contributed by atoms with van der Waals surface area (Å²) in [6.45, 7) is 0.325. The molecule has 0 aliphatic carbocycles. The maximum atomic E-state index is 12.6. The molecule has 0 saturated carbocycles. The zero-order valence-corrected chi connectivity index (χ0v) is 14.5. The molecule has 1 heterocycles. The van der Waals surface area contributed by atoms with Crippen LogP contribution in [0.4, 0.5) is 0 Å². The third kappa shape index (κ3) is 3.39. The number of nitrogens with one attached hydrogen (secondary N) is 1. The molecular formula is C19H21N3O4. The van der Waals surface area contributed by atoms with Gasteiger partial charge in [-0.2, -0.15) is 0 Å². The fourth-order valence-electron chi connectivity index (χ4n) is 3.30. The molecule has 136 valence electrons. The van der Waals surface area contributed by atoms with Crippen LogP contribution >= 0.6 is 0 Å². The van der Waals surface area contributed by atoms with Gasteiger partial charge in [-0.25, -0.2) is 0 Å². The zero-order valence-electron chi connectivity index (χ0n) is 14.5. The molecule has 3 amide bonds. The second-order valence-electron chi connectivity index (χ2n) is 6.17. The second kappa shape index (κ2) is 7.53. The van der Waals surface area contributed by atoms with Crippen molar-refractivity contribution in [3.05, 3.63) is 42.0 Å². The molecule has 2 aromatic carbocycles. The van der Waals surface area contributed by atoms with Gasteiger partial charge in [0.2, 0.25) is 11.8 Å². The number of likely N-dealkylation sites (tertiary alicyclic amines) is 1. The van der Waals surface area contributed by atoms with Crippen LogP contribution in [0.25, 0.3) is 10.8 Å². The Labute approximate surface area is 151 Å². The third-order valence-corrected chi connectivity index (χ3v) is 4.59. The van der Waals surface area contributed by atoms with Crippen LogP contribution in [-0.4, -0.2) is 48.9 Å². The van der Waals surface area contributed by atoms with E-state index in [1.807, 2.05) is 24.3 Å². The Morgan fingerprint density at radius 2 is 2.04 bits per heavy atom. The lowest BCUT2D eigenvalue weighted by atomic mass is 10.1. The van der Waals surface area contributed by atoms with E-state index in [-0.39, 0.29) is 12.5 Å². The molecule has 26 heavy (non-hydrogen) atoms. The topological polar surface area (TPSA) is 102 Å². The molecule has 0 spiro atoms. The third-order valence-electron chi connectivity index (χ3n) is 4.59. The summed E-state index contributed by atoms with van der Waals surface area (Å²) < 4.78 is 5.35. The number of fused-ring (bicyclic) bond motifs is 1. The first-order chi connectivity index (χ1) is 12.5. The van der Waals surface area contributed by atoms with Crippen LogP contribution in [0, 0.1) is 0 Å². The van der Waals surface area contributed by atoms with Crippen LogP contribution in [0.5, 0.6) is 5.75 Å². The van der Waals surface area contributed by atoms with E-state index in [9.17, 15) is 14.4 Å². The first kappa shape index (κ1) is 17.9. The fraction of sp³-hybridized carbons (Fsp3) is 0.316. The van der Waals surface area contributed by atoms with Gasteiger partial charge in [0.05, 0.1) is 13.7 Å². The van der Waals surface area contributed by atoms with E-state index < -0.39 is 17.9 Å². The number of amides is 3. The quantitative estimate of drug-likeness (QED) is 0.799. The van der Waals surface area contributed by atoms with Crippen LogP contribution in [-0.2, 0) is 9.59 Å². The lowest BCUT2D eigenvalue weighted by Gasteiger charge is -2.23. The van der Waals surface area contributed by atoms with Gasteiger partial charge in [0, 0.05) is 17.5 Å². The summed E-state index contributed by atoms with van der Waals surface area (Å²) in [4.78, 5) is 38.3. The van der Waals surface area contributed by atoms with Crippen molar-refractivity contribution in [1.29, 1.82) is 0 Å². The summed E-state index contributed by atoms with van der Waals surface area (Å²) in [6.07, 6.45) is 1.23. The van der Waals surface area contributed by atoms with Crippen molar-refractivity contribution in [3.63, 3.8) is 0 Å². The minimum absolute atomic E-state index is 0.153. The van der Waals surface area contributed by atoms with Crippen molar-refractivity contribution in [2.45, 2.75) is 18.9 Å². The Balaban J connectivity index is 1.80. The first-order valence-electron chi connectivity index (χ1n) is 8.46. The number of nitrogens with zero attached hydrogens (tertiary/aromatic N) is 1. The summed E-state index contributed by atoms with van der Waals surface area (Å²) in [5.74, 6) is -0.739. The van der Waals surface area contributed by atoms with Gasteiger partial charge in [-0.15, -0.1) is 0 Å². The number of methoxy groups -OCH3 is 1. The average molecular weight is 355 g/mol. The van der Waals surface area contributed by atoms with Crippen LogP contribution in [0.1, 0.15) is 23.2 Å². The van der Waals surface area contributed by atoms with Gasteiger partial charge < -0.3 is 15.4 Å². The van der Waals surface area contributed by atoms with E-state index in [1.54, 1.807) is 12.1 Å². The molecule has 3 rings (SSSR count). The minimum Gasteiger partial charge on any atom is -0.496 e. The Morgan fingerprint density at radius 1 is 1.27 bits per heavy atom. The number of hydrogen-bond acceptors (Lipinski definition) is 5. The van der Waals surface area contributed by atoms with Gasteiger partial charge in [0.1, 0.15) is 11.8 Å². The smallest absolute Gasteiger partial charge is 0.258 e. The Morgan fingerprint density at radius 3 is 2.77 bits per heavy atom. The molecule has 1 aliphatic heterocycles. The highest BCUT2D eigenvalue weighted by Crippen LogP contribution is 2.27. The summed E-state index contributed by atoms with van der Waals surface area (Å²) in [5, 5.41) is 4.12. The normalized spacial score (nSPS) is 16.5. The molecule has 1 atom stereocenters. The predicted octanol–water partition coefficient (Wildman–Crippen LogP) is 1.05. The molecule has 0 bridgehead atoms. The summed E-state index contributed by atoms with van der Waals surface area (Å²) in [7, 11) is 1.53. The van der Waals surface area contributed by atoms with Crippen molar-refractivity contribution < 1.29 is 19.1 Å². The maximum absolute atomic E-state index is 12.6. The molecule has 7 nitrogen and oxygen atoms in total. The summed E-state index contributed by atoms with van der Waals surface area (Å²) >= 11 is 0. The molecule has 1 aliphatic rings. The highest BCUT2D eigenvalue weighted by molar-refractivity contribution is 6.09. The number of nitrogens with two attached hydrogens (primary N) is 1.